The summed E-state index contributed by atoms with van der Waals surface area (Å²) >= 11 is 6.01. The van der Waals surface area contributed by atoms with Gasteiger partial charge in [0, 0.05) is 33.8 Å². The Labute approximate surface area is 194 Å². The Morgan fingerprint density at radius 3 is 1.97 bits per heavy atom. The summed E-state index contributed by atoms with van der Waals surface area (Å²) in [7, 11) is 1.59. The molecule has 33 heavy (non-hydrogen) atoms. The van der Waals surface area contributed by atoms with Crippen LogP contribution < -0.4 is 10.1 Å². The fourth-order valence-corrected chi connectivity index (χ4v) is 3.22. The molecule has 0 saturated carbocycles. The number of non-ortho nitro benzene ring substituents is 1. The number of nitro benzene ring substituents is 1. The zero-order valence-corrected chi connectivity index (χ0v) is 18.1. The van der Waals surface area contributed by atoms with Gasteiger partial charge >= 0.3 is 0 Å². The van der Waals surface area contributed by atoms with Crippen LogP contribution in [0.3, 0.4) is 0 Å². The Kier molecular flexibility index (Phi) is 6.28. The number of methoxy groups -OCH3 is 1. The van der Waals surface area contributed by atoms with Crippen molar-refractivity contribution in [3.8, 4) is 28.3 Å². The first kappa shape index (κ1) is 21.9. The Balaban J connectivity index is 1.71. The summed E-state index contributed by atoms with van der Waals surface area (Å²) in [5, 5.41) is 14.1. The third-order valence-corrected chi connectivity index (χ3v) is 5.07. The molecule has 9 heteroatoms. The highest BCUT2D eigenvalue weighted by Crippen LogP contribution is 2.27. The Morgan fingerprint density at radius 1 is 0.909 bits per heavy atom. The van der Waals surface area contributed by atoms with Crippen LogP contribution in [0.25, 0.3) is 22.5 Å². The number of hydrogen-bond acceptors (Lipinski definition) is 6. The summed E-state index contributed by atoms with van der Waals surface area (Å²) in [6, 6.07) is 21.6. The topological polar surface area (TPSA) is 107 Å². The van der Waals surface area contributed by atoms with E-state index in [2.05, 4.69) is 15.3 Å². The molecular formula is C24H17ClN4O4. The largest absolute Gasteiger partial charge is 0.497 e. The molecule has 8 nitrogen and oxygen atoms in total. The van der Waals surface area contributed by atoms with Gasteiger partial charge in [-0.15, -0.1) is 0 Å². The van der Waals surface area contributed by atoms with Gasteiger partial charge in [0.25, 0.3) is 11.6 Å². The first-order valence-corrected chi connectivity index (χ1v) is 10.2. The number of carbonyl (C=O) groups excluding carboxylic acids is 1. The highest BCUT2D eigenvalue weighted by atomic mass is 35.5. The molecule has 0 fully saturated rings. The maximum Gasteiger partial charge on any atom is 0.269 e. The van der Waals surface area contributed by atoms with Crippen molar-refractivity contribution in [2.45, 2.75) is 0 Å². The van der Waals surface area contributed by atoms with Crippen LogP contribution in [0.4, 0.5) is 11.6 Å². The van der Waals surface area contributed by atoms with Crippen LogP contribution in [0.1, 0.15) is 10.4 Å². The monoisotopic (exact) mass is 460 g/mol. The molecule has 0 aliphatic rings. The van der Waals surface area contributed by atoms with Crippen molar-refractivity contribution in [3.63, 3.8) is 0 Å². The van der Waals surface area contributed by atoms with Crippen molar-refractivity contribution in [3.05, 3.63) is 99.6 Å². The quantitative estimate of drug-likeness (QED) is 0.295. The smallest absolute Gasteiger partial charge is 0.269 e. The van der Waals surface area contributed by atoms with Crippen molar-refractivity contribution < 1.29 is 14.5 Å². The zero-order valence-electron chi connectivity index (χ0n) is 17.4. The van der Waals surface area contributed by atoms with E-state index in [4.69, 9.17) is 16.3 Å². The molecule has 1 heterocycles. The summed E-state index contributed by atoms with van der Waals surface area (Å²) in [5.41, 5.74) is 2.92. The Hall–Kier alpha value is -4.30. The molecule has 1 amide bonds. The number of halogens is 1. The van der Waals surface area contributed by atoms with Crippen LogP contribution in [0.2, 0.25) is 5.02 Å². The maximum atomic E-state index is 12.7. The summed E-state index contributed by atoms with van der Waals surface area (Å²) in [6.45, 7) is 0. The number of aromatic nitrogens is 2. The van der Waals surface area contributed by atoms with E-state index >= 15 is 0 Å². The highest BCUT2D eigenvalue weighted by Gasteiger charge is 2.14. The summed E-state index contributed by atoms with van der Waals surface area (Å²) in [6.07, 6.45) is 0. The zero-order chi connectivity index (χ0) is 23.4. The number of amides is 1. The summed E-state index contributed by atoms with van der Waals surface area (Å²) in [5.74, 6) is 0.313. The summed E-state index contributed by atoms with van der Waals surface area (Å²) < 4.78 is 5.21. The van der Waals surface area contributed by atoms with E-state index in [0.717, 1.165) is 11.1 Å². The van der Waals surface area contributed by atoms with E-state index in [1.807, 2.05) is 42.5 Å². The average molecular weight is 461 g/mol. The number of hydrogen-bond donors (Lipinski definition) is 1. The number of nitrogens with one attached hydrogen (secondary N) is 1. The fourth-order valence-electron chi connectivity index (χ4n) is 3.09. The second-order valence-corrected chi connectivity index (χ2v) is 7.39. The minimum Gasteiger partial charge on any atom is -0.497 e. The lowest BCUT2D eigenvalue weighted by Crippen LogP contribution is -2.14. The van der Waals surface area contributed by atoms with Crippen LogP contribution in [-0.4, -0.2) is 27.9 Å². The van der Waals surface area contributed by atoms with E-state index in [0.29, 0.717) is 22.2 Å². The molecule has 4 aromatic rings. The van der Waals surface area contributed by atoms with Gasteiger partial charge in [-0.3, -0.25) is 20.2 Å². The lowest BCUT2D eigenvalue weighted by molar-refractivity contribution is -0.384. The minimum absolute atomic E-state index is 0.0941. The fraction of sp³-hybridized carbons (Fsp3) is 0.0417. The molecule has 0 radical (unpaired) electrons. The Bertz CT molecular complexity index is 1310. The number of ether oxygens (including phenoxy) is 1. The van der Waals surface area contributed by atoms with Crippen LogP contribution in [-0.2, 0) is 0 Å². The molecule has 0 unspecified atom stereocenters. The SMILES string of the molecule is COc1ccc(-c2cc(-c3ccc(Cl)cc3)nc(NC(=O)c3ccc([N+](=O)[O-])cc3)n2)cc1. The van der Waals surface area contributed by atoms with Gasteiger partial charge in [0.15, 0.2) is 0 Å². The van der Waals surface area contributed by atoms with Crippen molar-refractivity contribution in [2.24, 2.45) is 0 Å². The number of nitro groups is 1. The number of nitrogens with zero attached hydrogens (tertiary/aromatic N) is 3. The lowest BCUT2D eigenvalue weighted by atomic mass is 10.1. The van der Waals surface area contributed by atoms with Crippen molar-refractivity contribution in [1.29, 1.82) is 0 Å². The molecule has 1 N–H and O–H groups in total. The average Bonchev–Trinajstić information content (AvgIpc) is 2.84. The number of rotatable bonds is 6. The third-order valence-electron chi connectivity index (χ3n) is 4.82. The number of anilines is 1. The maximum absolute atomic E-state index is 12.7. The van der Waals surface area contributed by atoms with Crippen LogP contribution in [0.15, 0.2) is 78.9 Å². The molecule has 1 aromatic heterocycles. The first-order valence-electron chi connectivity index (χ1n) is 9.78. The second kappa shape index (κ2) is 9.46. The van der Waals surface area contributed by atoms with Crippen LogP contribution in [0.5, 0.6) is 5.75 Å². The van der Waals surface area contributed by atoms with Gasteiger partial charge < -0.3 is 4.74 Å². The van der Waals surface area contributed by atoms with E-state index in [-0.39, 0.29) is 17.2 Å². The van der Waals surface area contributed by atoms with Gasteiger partial charge in [0.1, 0.15) is 5.75 Å². The van der Waals surface area contributed by atoms with Crippen LogP contribution in [0, 0.1) is 10.1 Å². The predicted octanol–water partition coefficient (Wildman–Crippen LogP) is 5.63. The first-order chi connectivity index (χ1) is 15.9. The molecule has 0 spiro atoms. The molecule has 0 atom stereocenters. The molecular weight excluding hydrogens is 444 g/mol. The number of benzene rings is 3. The lowest BCUT2D eigenvalue weighted by Gasteiger charge is -2.10. The second-order valence-electron chi connectivity index (χ2n) is 6.96. The molecule has 0 bridgehead atoms. The van der Waals surface area contributed by atoms with Gasteiger partial charge in [0.05, 0.1) is 23.4 Å². The van der Waals surface area contributed by atoms with Crippen molar-refractivity contribution >= 4 is 29.1 Å². The minimum atomic E-state index is -0.526. The van der Waals surface area contributed by atoms with Crippen LogP contribution >= 0.6 is 11.6 Å². The standard InChI is InChI=1S/C24H17ClN4O4/c1-33-20-12-6-16(7-13-20)22-14-21(15-2-8-18(25)9-3-15)26-24(27-22)28-23(30)17-4-10-19(11-5-17)29(31)32/h2-14H,1H3,(H,26,27,28,30). The molecule has 0 aliphatic carbocycles. The normalized spacial score (nSPS) is 10.5. The van der Waals surface area contributed by atoms with E-state index in [9.17, 15) is 14.9 Å². The molecule has 3 aromatic carbocycles. The predicted molar refractivity (Wildman–Crippen MR) is 126 cm³/mol. The Morgan fingerprint density at radius 2 is 1.45 bits per heavy atom. The number of carbonyl (C=O) groups is 1. The van der Waals surface area contributed by atoms with Gasteiger partial charge in [-0.05, 0) is 54.6 Å². The highest BCUT2D eigenvalue weighted by molar-refractivity contribution is 6.30. The van der Waals surface area contributed by atoms with E-state index < -0.39 is 10.8 Å². The molecule has 0 aliphatic heterocycles. The van der Waals surface area contributed by atoms with Gasteiger partial charge in [-0.2, -0.15) is 0 Å². The molecule has 4 rings (SSSR count). The molecule has 164 valence electrons. The molecule has 0 saturated heterocycles. The van der Waals surface area contributed by atoms with Crippen molar-refractivity contribution in [1.82, 2.24) is 9.97 Å². The van der Waals surface area contributed by atoms with E-state index in [1.54, 1.807) is 19.2 Å². The van der Waals surface area contributed by atoms with Gasteiger partial charge in [-0.25, -0.2) is 9.97 Å². The third kappa shape index (κ3) is 5.13. The van der Waals surface area contributed by atoms with Gasteiger partial charge in [-0.1, -0.05) is 23.7 Å². The summed E-state index contributed by atoms with van der Waals surface area (Å²) in [4.78, 5) is 32.0. The van der Waals surface area contributed by atoms with E-state index in [1.165, 1.54) is 24.3 Å². The van der Waals surface area contributed by atoms with Gasteiger partial charge in [0.2, 0.25) is 5.95 Å². The van der Waals surface area contributed by atoms with Crippen molar-refractivity contribution in [2.75, 3.05) is 12.4 Å².